The fourth-order valence-electron chi connectivity index (χ4n) is 2.28. The van der Waals surface area contributed by atoms with E-state index in [0.717, 1.165) is 26.9 Å². The second-order valence-electron chi connectivity index (χ2n) is 5.11. The van der Waals surface area contributed by atoms with E-state index in [2.05, 4.69) is 5.32 Å². The first-order valence-corrected chi connectivity index (χ1v) is 7.53. The molecular formula is C17H16N2OS. The number of nitrogens with one attached hydrogen (secondary N) is 1. The summed E-state index contributed by atoms with van der Waals surface area (Å²) in [7, 11) is 0. The summed E-state index contributed by atoms with van der Waals surface area (Å²) in [5.74, 6) is -0.151. The van der Waals surface area contributed by atoms with Gasteiger partial charge in [0.15, 0.2) is 0 Å². The quantitative estimate of drug-likeness (QED) is 0.738. The molecule has 4 heteroatoms. The molecule has 0 saturated carbocycles. The number of rotatable bonds is 2. The molecule has 0 aliphatic carbocycles. The minimum atomic E-state index is -0.151. The van der Waals surface area contributed by atoms with Crippen LogP contribution in [0, 0.1) is 13.8 Å². The van der Waals surface area contributed by atoms with Gasteiger partial charge in [-0.1, -0.05) is 30.3 Å². The van der Waals surface area contributed by atoms with Crippen LogP contribution in [0.3, 0.4) is 0 Å². The molecule has 3 rings (SSSR count). The number of hydrogen-bond donors (Lipinski definition) is 2. The monoisotopic (exact) mass is 296 g/mol. The second-order valence-corrected chi connectivity index (χ2v) is 6.17. The lowest BCUT2D eigenvalue weighted by Crippen LogP contribution is -2.12. The molecule has 0 atom stereocenters. The molecule has 1 aromatic heterocycles. The average Bonchev–Trinajstić information content (AvgIpc) is 2.81. The van der Waals surface area contributed by atoms with Crippen LogP contribution in [0.4, 0.5) is 11.4 Å². The molecule has 0 bridgehead atoms. The number of anilines is 2. The molecule has 1 heterocycles. The predicted molar refractivity (Wildman–Crippen MR) is 90.1 cm³/mol. The lowest BCUT2D eigenvalue weighted by atomic mass is 10.1. The summed E-state index contributed by atoms with van der Waals surface area (Å²) < 4.78 is 1.03. The van der Waals surface area contributed by atoms with Crippen LogP contribution in [-0.4, -0.2) is 5.91 Å². The minimum Gasteiger partial charge on any atom is -0.397 e. The summed E-state index contributed by atoms with van der Waals surface area (Å²) in [4.78, 5) is 13.1. The van der Waals surface area contributed by atoms with Gasteiger partial charge in [0.05, 0.1) is 5.69 Å². The first-order valence-electron chi connectivity index (χ1n) is 6.72. The van der Waals surface area contributed by atoms with Crippen molar-refractivity contribution in [1.82, 2.24) is 0 Å². The molecule has 3 N–H and O–H groups in total. The van der Waals surface area contributed by atoms with Gasteiger partial charge in [-0.3, -0.25) is 4.79 Å². The van der Waals surface area contributed by atoms with Gasteiger partial charge < -0.3 is 11.1 Å². The van der Waals surface area contributed by atoms with E-state index in [1.807, 2.05) is 56.3 Å². The maximum atomic E-state index is 12.5. The highest BCUT2D eigenvalue weighted by Crippen LogP contribution is 2.34. The number of fused-ring (bicyclic) bond motifs is 1. The van der Waals surface area contributed by atoms with Gasteiger partial charge in [-0.25, -0.2) is 0 Å². The maximum Gasteiger partial charge on any atom is 0.267 e. The highest BCUT2D eigenvalue weighted by molar-refractivity contribution is 7.21. The molecular weight excluding hydrogens is 280 g/mol. The molecule has 0 unspecified atom stereocenters. The predicted octanol–water partition coefficient (Wildman–Crippen LogP) is 4.35. The number of aryl methyl sites for hydroxylation is 2. The summed E-state index contributed by atoms with van der Waals surface area (Å²) in [5.41, 5.74) is 9.64. The summed E-state index contributed by atoms with van der Waals surface area (Å²) in [5, 5.41) is 3.90. The maximum absolute atomic E-state index is 12.5. The van der Waals surface area contributed by atoms with Crippen LogP contribution in [-0.2, 0) is 0 Å². The van der Waals surface area contributed by atoms with Crippen molar-refractivity contribution in [2.75, 3.05) is 11.1 Å². The van der Waals surface area contributed by atoms with Crippen LogP contribution >= 0.6 is 11.3 Å². The third-order valence-corrected chi connectivity index (χ3v) is 4.67. The number of benzene rings is 2. The lowest BCUT2D eigenvalue weighted by molar-refractivity contribution is 0.103. The number of nitrogens with two attached hydrogens (primary N) is 1. The zero-order valence-electron chi connectivity index (χ0n) is 11.9. The smallest absolute Gasteiger partial charge is 0.267 e. The van der Waals surface area contributed by atoms with E-state index in [1.54, 1.807) is 0 Å². The van der Waals surface area contributed by atoms with Crippen LogP contribution in [0.1, 0.15) is 20.8 Å². The minimum absolute atomic E-state index is 0.151. The Kier molecular flexibility index (Phi) is 3.39. The number of thiophene rings is 1. The number of carbonyl (C=O) groups excluding carboxylic acids is 1. The number of amides is 1. The van der Waals surface area contributed by atoms with Gasteiger partial charge in [0.2, 0.25) is 0 Å². The molecule has 0 spiro atoms. The van der Waals surface area contributed by atoms with Crippen LogP contribution in [0.5, 0.6) is 0 Å². The Balaban J connectivity index is 1.97. The third kappa shape index (κ3) is 2.50. The number of carbonyl (C=O) groups is 1. The highest BCUT2D eigenvalue weighted by Gasteiger charge is 2.16. The van der Waals surface area contributed by atoms with E-state index in [4.69, 9.17) is 5.73 Å². The van der Waals surface area contributed by atoms with Gasteiger partial charge in [-0.05, 0) is 37.1 Å². The van der Waals surface area contributed by atoms with Crippen molar-refractivity contribution in [2.24, 2.45) is 0 Å². The Morgan fingerprint density at radius 2 is 1.90 bits per heavy atom. The molecule has 21 heavy (non-hydrogen) atoms. The largest absolute Gasteiger partial charge is 0.397 e. The van der Waals surface area contributed by atoms with E-state index >= 15 is 0 Å². The molecule has 0 saturated heterocycles. The molecule has 0 radical (unpaired) electrons. The van der Waals surface area contributed by atoms with E-state index < -0.39 is 0 Å². The van der Waals surface area contributed by atoms with E-state index in [1.165, 1.54) is 11.3 Å². The second kappa shape index (κ2) is 5.22. The van der Waals surface area contributed by atoms with Gasteiger partial charge >= 0.3 is 0 Å². The van der Waals surface area contributed by atoms with E-state index in [0.29, 0.717) is 10.6 Å². The summed E-state index contributed by atoms with van der Waals surface area (Å²) >= 11 is 1.42. The molecule has 0 fully saturated rings. The van der Waals surface area contributed by atoms with Crippen molar-refractivity contribution in [1.29, 1.82) is 0 Å². The van der Waals surface area contributed by atoms with Crippen molar-refractivity contribution >= 4 is 38.7 Å². The Bertz CT molecular complexity index is 836. The lowest BCUT2D eigenvalue weighted by Gasteiger charge is -2.08. The zero-order valence-corrected chi connectivity index (χ0v) is 12.8. The molecule has 3 nitrogen and oxygen atoms in total. The molecule has 0 aliphatic heterocycles. The standard InChI is InChI=1S/C17H16N2OS/c1-10-7-8-11(2)13(9-10)19-17(20)16-15(18)12-5-3-4-6-14(12)21-16/h3-9H,18H2,1-2H3,(H,19,20). The first kappa shape index (κ1) is 13.6. The molecule has 1 amide bonds. The van der Waals surface area contributed by atoms with Crippen LogP contribution < -0.4 is 11.1 Å². The van der Waals surface area contributed by atoms with Crippen molar-refractivity contribution in [2.45, 2.75) is 13.8 Å². The zero-order chi connectivity index (χ0) is 15.0. The molecule has 2 aromatic carbocycles. The van der Waals surface area contributed by atoms with Crippen LogP contribution in [0.2, 0.25) is 0 Å². The first-order chi connectivity index (χ1) is 10.1. The number of hydrogen-bond acceptors (Lipinski definition) is 3. The molecule has 106 valence electrons. The summed E-state index contributed by atoms with van der Waals surface area (Å²) in [6.45, 7) is 3.98. The van der Waals surface area contributed by atoms with Crippen LogP contribution in [0.25, 0.3) is 10.1 Å². The average molecular weight is 296 g/mol. The fourth-order valence-corrected chi connectivity index (χ4v) is 3.30. The van der Waals surface area contributed by atoms with Crippen LogP contribution in [0.15, 0.2) is 42.5 Å². The Morgan fingerprint density at radius 3 is 2.67 bits per heavy atom. The summed E-state index contributed by atoms with van der Waals surface area (Å²) in [6.07, 6.45) is 0. The SMILES string of the molecule is Cc1ccc(C)c(NC(=O)c2sc3ccccc3c2N)c1. The van der Waals surface area contributed by atoms with Crippen molar-refractivity contribution in [3.63, 3.8) is 0 Å². The topological polar surface area (TPSA) is 55.1 Å². The molecule has 3 aromatic rings. The Hall–Kier alpha value is -2.33. The van der Waals surface area contributed by atoms with Crippen molar-refractivity contribution in [3.8, 4) is 0 Å². The summed E-state index contributed by atoms with van der Waals surface area (Å²) in [6, 6.07) is 13.8. The highest BCUT2D eigenvalue weighted by atomic mass is 32.1. The van der Waals surface area contributed by atoms with Gasteiger partial charge in [0.1, 0.15) is 4.88 Å². The van der Waals surface area contributed by atoms with Gasteiger partial charge in [-0.15, -0.1) is 11.3 Å². The third-order valence-electron chi connectivity index (χ3n) is 3.48. The van der Waals surface area contributed by atoms with E-state index in [9.17, 15) is 4.79 Å². The molecule has 0 aliphatic rings. The van der Waals surface area contributed by atoms with Gasteiger partial charge in [0.25, 0.3) is 5.91 Å². The fraction of sp³-hybridized carbons (Fsp3) is 0.118. The number of nitrogen functional groups attached to an aromatic ring is 1. The van der Waals surface area contributed by atoms with E-state index in [-0.39, 0.29) is 5.91 Å². The Morgan fingerprint density at radius 1 is 1.14 bits per heavy atom. The van der Waals surface area contributed by atoms with Gasteiger partial charge in [0, 0.05) is 15.8 Å². The normalized spacial score (nSPS) is 10.8. The van der Waals surface area contributed by atoms with Crippen molar-refractivity contribution in [3.05, 3.63) is 58.5 Å². The van der Waals surface area contributed by atoms with Gasteiger partial charge in [-0.2, -0.15) is 0 Å². The van der Waals surface area contributed by atoms with Crippen molar-refractivity contribution < 1.29 is 4.79 Å². The Labute approximate surface area is 127 Å².